The number of benzene rings is 1. The van der Waals surface area contributed by atoms with Crippen LogP contribution in [0.4, 0.5) is 0 Å². The molecule has 0 saturated carbocycles. The van der Waals surface area contributed by atoms with E-state index < -0.39 is 0 Å². The van der Waals surface area contributed by atoms with E-state index in [1.807, 2.05) is 24.5 Å². The summed E-state index contributed by atoms with van der Waals surface area (Å²) in [7, 11) is 1.69. The average molecular weight is 270 g/mol. The van der Waals surface area contributed by atoms with Gasteiger partial charge >= 0.3 is 0 Å². The van der Waals surface area contributed by atoms with Gasteiger partial charge in [0.25, 0.3) is 0 Å². The summed E-state index contributed by atoms with van der Waals surface area (Å²) in [4.78, 5) is 7.36. The number of ether oxygens (including phenoxy) is 1. The van der Waals surface area contributed by atoms with E-state index in [1.54, 1.807) is 7.11 Å². The highest BCUT2D eigenvalue weighted by Crippen LogP contribution is 2.13. The molecule has 1 N–H and O–H groups in total. The van der Waals surface area contributed by atoms with Crippen LogP contribution in [0.25, 0.3) is 6.08 Å². The molecule has 2 aromatic rings. The fourth-order valence-corrected chi connectivity index (χ4v) is 2.10. The maximum atomic E-state index is 5.14. The van der Waals surface area contributed by atoms with Crippen molar-refractivity contribution < 1.29 is 4.74 Å². The van der Waals surface area contributed by atoms with Gasteiger partial charge in [-0.3, -0.25) is 0 Å². The lowest BCUT2D eigenvalue weighted by molar-refractivity contribution is 0.415. The van der Waals surface area contributed by atoms with Gasteiger partial charge in [-0.1, -0.05) is 30.7 Å². The Bertz CT molecular complexity index is 500. The standard InChI is InChI=1S/C17H22N2O/c1-20-16-11-9-15(10-12-16)7-5-3-2-4-6-8-17-18-13-14-19-17/h5,7,9-14H,2-4,6,8H2,1H3,(H,18,19). The third-order valence-electron chi connectivity index (χ3n) is 3.27. The van der Waals surface area contributed by atoms with Gasteiger partial charge in [0.05, 0.1) is 7.11 Å². The van der Waals surface area contributed by atoms with E-state index in [2.05, 4.69) is 34.3 Å². The van der Waals surface area contributed by atoms with Crippen LogP contribution < -0.4 is 4.74 Å². The molecule has 0 aliphatic carbocycles. The molecule has 1 heterocycles. The Balaban J connectivity index is 1.59. The van der Waals surface area contributed by atoms with Crippen molar-refractivity contribution in [3.05, 3.63) is 54.1 Å². The number of H-pyrrole nitrogens is 1. The second-order valence-corrected chi connectivity index (χ2v) is 4.81. The van der Waals surface area contributed by atoms with Crippen LogP contribution >= 0.6 is 0 Å². The normalized spacial score (nSPS) is 11.1. The monoisotopic (exact) mass is 270 g/mol. The highest BCUT2D eigenvalue weighted by Gasteiger charge is 1.94. The number of allylic oxidation sites excluding steroid dienone is 1. The Morgan fingerprint density at radius 3 is 2.70 bits per heavy atom. The van der Waals surface area contributed by atoms with Crippen molar-refractivity contribution in [3.8, 4) is 5.75 Å². The maximum Gasteiger partial charge on any atom is 0.118 e. The van der Waals surface area contributed by atoms with Gasteiger partial charge in [0.1, 0.15) is 11.6 Å². The summed E-state index contributed by atoms with van der Waals surface area (Å²) >= 11 is 0. The molecule has 0 radical (unpaired) electrons. The summed E-state index contributed by atoms with van der Waals surface area (Å²) in [5, 5.41) is 0. The molecule has 0 atom stereocenters. The van der Waals surface area contributed by atoms with Crippen LogP contribution in [-0.4, -0.2) is 17.1 Å². The fraction of sp³-hybridized carbons (Fsp3) is 0.353. The van der Waals surface area contributed by atoms with Crippen molar-refractivity contribution in [3.63, 3.8) is 0 Å². The van der Waals surface area contributed by atoms with Crippen LogP contribution in [0.5, 0.6) is 5.75 Å². The predicted octanol–water partition coefficient (Wildman–Crippen LogP) is 4.23. The Kier molecular flexibility index (Phi) is 5.90. The van der Waals surface area contributed by atoms with Gasteiger partial charge in [-0.25, -0.2) is 4.98 Å². The Morgan fingerprint density at radius 2 is 2.00 bits per heavy atom. The van der Waals surface area contributed by atoms with Gasteiger partial charge in [-0.2, -0.15) is 0 Å². The molecule has 0 aliphatic heterocycles. The highest BCUT2D eigenvalue weighted by atomic mass is 16.5. The van der Waals surface area contributed by atoms with Gasteiger partial charge in [-0.05, 0) is 37.0 Å². The van der Waals surface area contributed by atoms with Gasteiger partial charge in [0, 0.05) is 18.8 Å². The Hall–Kier alpha value is -2.03. The Morgan fingerprint density at radius 1 is 1.15 bits per heavy atom. The first kappa shape index (κ1) is 14.4. The van der Waals surface area contributed by atoms with Crippen LogP contribution in [0.1, 0.15) is 37.1 Å². The zero-order chi connectivity index (χ0) is 14.0. The van der Waals surface area contributed by atoms with E-state index in [1.165, 1.54) is 24.8 Å². The smallest absolute Gasteiger partial charge is 0.118 e. The van der Waals surface area contributed by atoms with E-state index in [0.717, 1.165) is 24.4 Å². The van der Waals surface area contributed by atoms with Crippen molar-refractivity contribution in [2.24, 2.45) is 0 Å². The molecule has 1 aromatic carbocycles. The van der Waals surface area contributed by atoms with Crippen molar-refractivity contribution >= 4 is 6.08 Å². The second kappa shape index (κ2) is 8.20. The zero-order valence-corrected chi connectivity index (χ0v) is 12.0. The molecule has 0 spiro atoms. The molecular formula is C17H22N2O. The quantitative estimate of drug-likeness (QED) is 0.729. The van der Waals surface area contributed by atoms with Crippen molar-refractivity contribution in [1.82, 2.24) is 9.97 Å². The summed E-state index contributed by atoms with van der Waals surface area (Å²) in [6.45, 7) is 0. The summed E-state index contributed by atoms with van der Waals surface area (Å²) in [5.41, 5.74) is 1.22. The maximum absolute atomic E-state index is 5.14. The molecule has 0 amide bonds. The van der Waals surface area contributed by atoms with Crippen molar-refractivity contribution in [2.45, 2.75) is 32.1 Å². The predicted molar refractivity (Wildman–Crippen MR) is 82.8 cm³/mol. The van der Waals surface area contributed by atoms with Gasteiger partial charge < -0.3 is 9.72 Å². The summed E-state index contributed by atoms with van der Waals surface area (Å²) in [5.74, 6) is 2.00. The van der Waals surface area contributed by atoms with E-state index in [9.17, 15) is 0 Å². The van der Waals surface area contributed by atoms with Crippen LogP contribution in [0.2, 0.25) is 0 Å². The van der Waals surface area contributed by atoms with E-state index in [4.69, 9.17) is 4.74 Å². The van der Waals surface area contributed by atoms with Crippen LogP contribution in [0.3, 0.4) is 0 Å². The van der Waals surface area contributed by atoms with Crippen LogP contribution in [0, 0.1) is 0 Å². The number of nitrogens with one attached hydrogen (secondary N) is 1. The number of hydrogen-bond acceptors (Lipinski definition) is 2. The molecule has 2 rings (SSSR count). The average Bonchev–Trinajstić information content (AvgIpc) is 3.00. The minimum absolute atomic E-state index is 0.903. The Labute approximate surface area is 120 Å². The molecule has 106 valence electrons. The van der Waals surface area contributed by atoms with Gasteiger partial charge in [0.2, 0.25) is 0 Å². The van der Waals surface area contributed by atoms with Crippen LogP contribution in [-0.2, 0) is 6.42 Å². The highest BCUT2D eigenvalue weighted by molar-refractivity contribution is 5.50. The SMILES string of the molecule is COc1ccc(C=CCCCCCc2ncc[nH]2)cc1. The van der Waals surface area contributed by atoms with Crippen LogP contribution in [0.15, 0.2) is 42.7 Å². The molecule has 20 heavy (non-hydrogen) atoms. The first-order valence-corrected chi connectivity index (χ1v) is 7.17. The number of aromatic nitrogens is 2. The fourth-order valence-electron chi connectivity index (χ4n) is 2.10. The van der Waals surface area contributed by atoms with Crippen molar-refractivity contribution in [2.75, 3.05) is 7.11 Å². The van der Waals surface area contributed by atoms with E-state index in [0.29, 0.717) is 0 Å². The lowest BCUT2D eigenvalue weighted by Crippen LogP contribution is -1.87. The van der Waals surface area contributed by atoms with Gasteiger partial charge in [0.15, 0.2) is 0 Å². The number of nitrogens with zero attached hydrogens (tertiary/aromatic N) is 1. The first-order chi connectivity index (χ1) is 9.88. The molecule has 0 bridgehead atoms. The number of unbranched alkanes of at least 4 members (excludes halogenated alkanes) is 3. The summed E-state index contributed by atoms with van der Waals surface area (Å²) < 4.78 is 5.14. The number of aryl methyl sites for hydroxylation is 1. The zero-order valence-electron chi connectivity index (χ0n) is 12.0. The third-order valence-corrected chi connectivity index (χ3v) is 3.27. The lowest BCUT2D eigenvalue weighted by atomic mass is 10.1. The second-order valence-electron chi connectivity index (χ2n) is 4.81. The number of aromatic amines is 1. The minimum atomic E-state index is 0.903. The summed E-state index contributed by atoms with van der Waals surface area (Å²) in [6.07, 6.45) is 14.0. The number of hydrogen-bond donors (Lipinski definition) is 1. The summed E-state index contributed by atoms with van der Waals surface area (Å²) in [6, 6.07) is 8.13. The third kappa shape index (κ3) is 4.92. The molecule has 0 unspecified atom stereocenters. The van der Waals surface area contributed by atoms with Crippen molar-refractivity contribution in [1.29, 1.82) is 0 Å². The van der Waals surface area contributed by atoms with E-state index >= 15 is 0 Å². The van der Waals surface area contributed by atoms with Gasteiger partial charge in [-0.15, -0.1) is 0 Å². The lowest BCUT2D eigenvalue weighted by Gasteiger charge is -1.99. The molecule has 3 nitrogen and oxygen atoms in total. The number of imidazole rings is 1. The number of rotatable bonds is 8. The number of methoxy groups -OCH3 is 1. The molecule has 1 aromatic heterocycles. The minimum Gasteiger partial charge on any atom is -0.497 e. The molecular weight excluding hydrogens is 248 g/mol. The van der Waals surface area contributed by atoms with E-state index in [-0.39, 0.29) is 0 Å². The molecule has 3 heteroatoms. The topological polar surface area (TPSA) is 37.9 Å². The molecule has 0 aliphatic rings. The largest absolute Gasteiger partial charge is 0.497 e. The molecule has 0 fully saturated rings. The first-order valence-electron chi connectivity index (χ1n) is 7.17. The molecule has 0 saturated heterocycles.